The maximum Gasteiger partial charge on any atom is 0.237 e. The molecule has 0 radical (unpaired) electrons. The number of rotatable bonds is 5. The topological polar surface area (TPSA) is 68.5 Å². The van der Waals surface area contributed by atoms with Gasteiger partial charge in [0.25, 0.3) is 0 Å². The van der Waals surface area contributed by atoms with Crippen LogP contribution in [0.5, 0.6) is 0 Å². The number of carbonyl (C=O) groups is 1. The Kier molecular flexibility index (Phi) is 4.88. The molecule has 6 heteroatoms. The lowest BCUT2D eigenvalue weighted by Crippen LogP contribution is -2.38. The minimum Gasteiger partial charge on any atom is -0.367 e. The van der Waals surface area contributed by atoms with E-state index in [0.717, 1.165) is 19.6 Å². The van der Waals surface area contributed by atoms with Gasteiger partial charge in [-0.3, -0.25) is 9.69 Å². The van der Waals surface area contributed by atoms with Crippen LogP contribution in [0.4, 0.5) is 0 Å². The van der Waals surface area contributed by atoms with Crippen LogP contribution in [0.3, 0.4) is 0 Å². The van der Waals surface area contributed by atoms with Crippen molar-refractivity contribution in [1.82, 2.24) is 15.0 Å². The zero-order valence-electron chi connectivity index (χ0n) is 12.6. The van der Waals surface area contributed by atoms with Gasteiger partial charge >= 0.3 is 0 Å². The number of hydrogen-bond acceptors (Lipinski definition) is 6. The van der Waals surface area contributed by atoms with Crippen LogP contribution in [0.25, 0.3) is 0 Å². The molecule has 0 aromatic carbocycles. The van der Waals surface area contributed by atoms with Crippen molar-refractivity contribution in [2.24, 2.45) is 5.92 Å². The highest BCUT2D eigenvalue weighted by Gasteiger charge is 2.30. The van der Waals surface area contributed by atoms with Crippen molar-refractivity contribution in [2.75, 3.05) is 26.2 Å². The predicted octanol–water partition coefficient (Wildman–Crippen LogP) is 1.79. The first kappa shape index (κ1) is 15.1. The third-order valence-electron chi connectivity index (χ3n) is 3.71. The maximum absolute atomic E-state index is 11.7. The summed E-state index contributed by atoms with van der Waals surface area (Å²) < 4.78 is 11.0. The molecule has 0 saturated carbocycles. The zero-order valence-corrected chi connectivity index (χ0v) is 12.6. The SMILES string of the molecule is CCN1CCOC(c2noc(C(C(C)=O)C(C)C)n2)C1. The molecule has 1 aromatic rings. The van der Waals surface area contributed by atoms with Crippen LogP contribution in [0, 0.1) is 5.92 Å². The van der Waals surface area contributed by atoms with Crippen molar-refractivity contribution >= 4 is 5.78 Å². The number of nitrogens with zero attached hydrogens (tertiary/aromatic N) is 3. The highest BCUT2D eigenvalue weighted by atomic mass is 16.5. The molecule has 1 aliphatic heterocycles. The fourth-order valence-electron chi connectivity index (χ4n) is 2.58. The predicted molar refractivity (Wildman–Crippen MR) is 73.4 cm³/mol. The van der Waals surface area contributed by atoms with Crippen molar-refractivity contribution < 1.29 is 14.1 Å². The minimum absolute atomic E-state index is 0.0509. The zero-order chi connectivity index (χ0) is 14.7. The maximum atomic E-state index is 11.7. The molecule has 2 atom stereocenters. The average molecular weight is 281 g/mol. The normalized spacial score (nSPS) is 22.1. The molecule has 6 nitrogen and oxygen atoms in total. The van der Waals surface area contributed by atoms with Crippen LogP contribution in [-0.2, 0) is 9.53 Å². The summed E-state index contributed by atoms with van der Waals surface area (Å²) in [6.07, 6.45) is -0.166. The number of hydrogen-bond donors (Lipinski definition) is 0. The minimum atomic E-state index is -0.331. The smallest absolute Gasteiger partial charge is 0.237 e. The number of morpholine rings is 1. The summed E-state index contributed by atoms with van der Waals surface area (Å²) in [4.78, 5) is 18.4. The number of ketones is 1. The lowest BCUT2D eigenvalue weighted by Gasteiger charge is -2.30. The summed E-state index contributed by atoms with van der Waals surface area (Å²) in [6.45, 7) is 11.0. The van der Waals surface area contributed by atoms with Gasteiger partial charge in [-0.1, -0.05) is 25.9 Å². The number of ether oxygens (including phenoxy) is 1. The van der Waals surface area contributed by atoms with Crippen molar-refractivity contribution in [3.05, 3.63) is 11.7 Å². The van der Waals surface area contributed by atoms with Gasteiger partial charge in [-0.2, -0.15) is 4.98 Å². The van der Waals surface area contributed by atoms with E-state index in [9.17, 15) is 4.79 Å². The van der Waals surface area contributed by atoms with Gasteiger partial charge in [-0.15, -0.1) is 0 Å². The van der Waals surface area contributed by atoms with Gasteiger partial charge in [0.1, 0.15) is 11.9 Å². The van der Waals surface area contributed by atoms with Crippen molar-refractivity contribution in [3.8, 4) is 0 Å². The first-order chi connectivity index (χ1) is 9.52. The quantitative estimate of drug-likeness (QED) is 0.819. The van der Waals surface area contributed by atoms with Crippen LogP contribution in [-0.4, -0.2) is 47.1 Å². The molecule has 0 bridgehead atoms. The summed E-state index contributed by atoms with van der Waals surface area (Å²) in [7, 11) is 0. The second-order valence-corrected chi connectivity index (χ2v) is 5.58. The molecular formula is C14H23N3O3. The Labute approximate surface area is 119 Å². The Balaban J connectivity index is 2.13. The summed E-state index contributed by atoms with van der Waals surface area (Å²) >= 11 is 0. The lowest BCUT2D eigenvalue weighted by atomic mass is 9.92. The van der Waals surface area contributed by atoms with Gasteiger partial charge in [-0.25, -0.2) is 0 Å². The van der Waals surface area contributed by atoms with E-state index in [-0.39, 0.29) is 23.7 Å². The van der Waals surface area contributed by atoms with Crippen LogP contribution in [0.2, 0.25) is 0 Å². The monoisotopic (exact) mass is 281 g/mol. The molecule has 2 unspecified atom stereocenters. The molecule has 0 spiro atoms. The van der Waals surface area contributed by atoms with Crippen molar-refractivity contribution in [2.45, 2.75) is 39.7 Å². The van der Waals surface area contributed by atoms with E-state index in [1.54, 1.807) is 6.92 Å². The fourth-order valence-corrected chi connectivity index (χ4v) is 2.58. The summed E-state index contributed by atoms with van der Waals surface area (Å²) in [5.74, 6) is 0.807. The molecule has 2 rings (SSSR count). The molecule has 0 aliphatic carbocycles. The van der Waals surface area contributed by atoms with Gasteiger partial charge in [0, 0.05) is 13.1 Å². The van der Waals surface area contributed by atoms with Crippen LogP contribution in [0.15, 0.2) is 4.52 Å². The molecule has 1 aliphatic rings. The highest BCUT2D eigenvalue weighted by molar-refractivity contribution is 5.82. The fraction of sp³-hybridized carbons (Fsp3) is 0.786. The molecular weight excluding hydrogens is 258 g/mol. The molecule has 1 aromatic heterocycles. The first-order valence-corrected chi connectivity index (χ1v) is 7.20. The molecule has 112 valence electrons. The first-order valence-electron chi connectivity index (χ1n) is 7.20. The van der Waals surface area contributed by atoms with Crippen LogP contribution in [0.1, 0.15) is 51.4 Å². The molecule has 20 heavy (non-hydrogen) atoms. The molecule has 1 fully saturated rings. The van der Waals surface area contributed by atoms with E-state index < -0.39 is 0 Å². The van der Waals surface area contributed by atoms with Gasteiger partial charge in [0.2, 0.25) is 11.7 Å². The third-order valence-corrected chi connectivity index (χ3v) is 3.71. The van der Waals surface area contributed by atoms with Gasteiger partial charge < -0.3 is 9.26 Å². The van der Waals surface area contributed by atoms with E-state index in [1.807, 2.05) is 13.8 Å². The molecule has 2 heterocycles. The molecule has 0 N–H and O–H groups in total. The van der Waals surface area contributed by atoms with Gasteiger partial charge in [0.15, 0.2) is 0 Å². The number of carbonyl (C=O) groups excluding carboxylic acids is 1. The number of aromatic nitrogens is 2. The van der Waals surface area contributed by atoms with E-state index in [4.69, 9.17) is 9.26 Å². The Morgan fingerprint density at radius 1 is 1.50 bits per heavy atom. The lowest BCUT2D eigenvalue weighted by molar-refractivity contribution is -0.119. The Hall–Kier alpha value is -1.27. The highest BCUT2D eigenvalue weighted by Crippen LogP contribution is 2.26. The van der Waals surface area contributed by atoms with Gasteiger partial charge in [0.05, 0.1) is 12.5 Å². The van der Waals surface area contributed by atoms with Crippen molar-refractivity contribution in [3.63, 3.8) is 0 Å². The van der Waals surface area contributed by atoms with E-state index >= 15 is 0 Å². The molecule has 1 saturated heterocycles. The van der Waals surface area contributed by atoms with Crippen molar-refractivity contribution in [1.29, 1.82) is 0 Å². The van der Waals surface area contributed by atoms with E-state index in [2.05, 4.69) is 22.0 Å². The second-order valence-electron chi connectivity index (χ2n) is 5.58. The van der Waals surface area contributed by atoms with Crippen LogP contribution < -0.4 is 0 Å². The van der Waals surface area contributed by atoms with E-state index in [1.165, 1.54) is 0 Å². The molecule has 0 amide bonds. The Morgan fingerprint density at radius 2 is 2.25 bits per heavy atom. The largest absolute Gasteiger partial charge is 0.367 e. The number of likely N-dealkylation sites (N-methyl/N-ethyl adjacent to an activating group) is 1. The van der Waals surface area contributed by atoms with Crippen LogP contribution >= 0.6 is 0 Å². The summed E-state index contributed by atoms with van der Waals surface area (Å²) in [6, 6.07) is 0. The van der Waals surface area contributed by atoms with E-state index in [0.29, 0.717) is 18.3 Å². The number of Topliss-reactive ketones (excluding diaryl/α,β-unsaturated/α-hetero) is 1. The standard InChI is InChI=1S/C14H23N3O3/c1-5-17-6-7-19-11(8-17)13-15-14(20-16-13)12(9(2)3)10(4)18/h9,11-12H,5-8H2,1-4H3. The summed E-state index contributed by atoms with van der Waals surface area (Å²) in [5.41, 5.74) is 0. The Morgan fingerprint density at radius 3 is 2.85 bits per heavy atom. The average Bonchev–Trinajstić information content (AvgIpc) is 2.87. The summed E-state index contributed by atoms with van der Waals surface area (Å²) in [5, 5.41) is 4.00. The van der Waals surface area contributed by atoms with Gasteiger partial charge in [-0.05, 0) is 19.4 Å². The Bertz CT molecular complexity index is 458. The third kappa shape index (κ3) is 3.24. The second kappa shape index (κ2) is 6.45.